The summed E-state index contributed by atoms with van der Waals surface area (Å²) in [7, 11) is 1.65. The fourth-order valence-corrected chi connectivity index (χ4v) is 2.67. The summed E-state index contributed by atoms with van der Waals surface area (Å²) >= 11 is 0. The molecular weight excluding hydrogens is 276 g/mol. The van der Waals surface area contributed by atoms with Crippen LogP contribution >= 0.6 is 0 Å². The molecule has 0 atom stereocenters. The van der Waals surface area contributed by atoms with Crippen molar-refractivity contribution in [2.45, 2.75) is 52.4 Å². The molecule has 0 bridgehead atoms. The minimum absolute atomic E-state index is 0.0513. The van der Waals surface area contributed by atoms with E-state index in [2.05, 4.69) is 18.9 Å². The Morgan fingerprint density at radius 2 is 1.68 bits per heavy atom. The molecule has 0 aliphatic heterocycles. The van der Waals surface area contributed by atoms with Crippen molar-refractivity contribution >= 4 is 0 Å². The van der Waals surface area contributed by atoms with Crippen molar-refractivity contribution in [3.05, 3.63) is 45.9 Å². The Morgan fingerprint density at radius 1 is 1.05 bits per heavy atom. The molecule has 2 aromatic rings. The van der Waals surface area contributed by atoms with Crippen LogP contribution in [0.25, 0.3) is 5.69 Å². The van der Waals surface area contributed by atoms with E-state index in [0.717, 1.165) is 61.2 Å². The maximum atomic E-state index is 12.3. The Kier molecular flexibility index (Phi) is 5.87. The Morgan fingerprint density at radius 3 is 2.27 bits per heavy atom. The predicted octanol–water partition coefficient (Wildman–Crippen LogP) is 3.86. The summed E-state index contributed by atoms with van der Waals surface area (Å²) in [6, 6.07) is 7.80. The molecule has 1 heterocycles. The van der Waals surface area contributed by atoms with Gasteiger partial charge in [-0.15, -0.1) is 0 Å². The third-order valence-corrected chi connectivity index (χ3v) is 3.98. The zero-order chi connectivity index (χ0) is 15.9. The normalized spacial score (nSPS) is 10.9. The first-order valence-corrected chi connectivity index (χ1v) is 8.18. The number of aromatic nitrogens is 2. The van der Waals surface area contributed by atoms with E-state index in [9.17, 15) is 4.79 Å². The van der Waals surface area contributed by atoms with Crippen LogP contribution in [0.5, 0.6) is 5.75 Å². The highest BCUT2D eigenvalue weighted by molar-refractivity contribution is 5.39. The van der Waals surface area contributed by atoms with Crippen LogP contribution in [0.4, 0.5) is 0 Å². The number of hydrogen-bond acceptors (Lipinski definition) is 2. The molecule has 0 saturated carbocycles. The molecule has 0 spiro atoms. The molecule has 0 radical (unpaired) electrons. The average molecular weight is 302 g/mol. The number of ether oxygens (including phenoxy) is 1. The number of rotatable bonds is 8. The number of H-pyrrole nitrogens is 1. The van der Waals surface area contributed by atoms with E-state index in [-0.39, 0.29) is 5.56 Å². The van der Waals surface area contributed by atoms with Gasteiger partial charge in [0.05, 0.1) is 12.8 Å². The van der Waals surface area contributed by atoms with E-state index in [1.807, 2.05) is 28.9 Å². The number of methoxy groups -OCH3 is 1. The van der Waals surface area contributed by atoms with Crippen molar-refractivity contribution in [1.82, 2.24) is 9.78 Å². The van der Waals surface area contributed by atoms with Gasteiger partial charge in [0, 0.05) is 11.3 Å². The maximum Gasteiger partial charge on any atom is 0.267 e. The Hall–Kier alpha value is -1.97. The fourth-order valence-electron chi connectivity index (χ4n) is 2.67. The van der Waals surface area contributed by atoms with Crippen molar-refractivity contribution in [2.24, 2.45) is 0 Å². The lowest BCUT2D eigenvalue weighted by Gasteiger charge is -2.10. The van der Waals surface area contributed by atoms with E-state index < -0.39 is 0 Å². The number of aromatic amines is 1. The SMILES string of the molecule is CCCCc1c(CCCC)n(-c2ccc(OC)cc2)[nH]c1=O. The highest BCUT2D eigenvalue weighted by atomic mass is 16.5. The Bertz CT molecular complexity index is 638. The lowest BCUT2D eigenvalue weighted by molar-refractivity contribution is 0.414. The predicted molar refractivity (Wildman–Crippen MR) is 90.2 cm³/mol. The molecular formula is C18H26N2O2. The molecule has 2 rings (SSSR count). The summed E-state index contributed by atoms with van der Waals surface area (Å²) in [5, 5.41) is 3.01. The number of hydrogen-bond donors (Lipinski definition) is 1. The first-order valence-electron chi connectivity index (χ1n) is 8.18. The molecule has 4 nitrogen and oxygen atoms in total. The molecule has 1 N–H and O–H groups in total. The number of nitrogens with one attached hydrogen (secondary N) is 1. The second-order valence-corrected chi connectivity index (χ2v) is 5.61. The van der Waals surface area contributed by atoms with E-state index >= 15 is 0 Å². The molecule has 120 valence electrons. The van der Waals surface area contributed by atoms with E-state index in [4.69, 9.17) is 4.74 Å². The van der Waals surface area contributed by atoms with Crippen molar-refractivity contribution < 1.29 is 4.74 Å². The van der Waals surface area contributed by atoms with Gasteiger partial charge in [-0.25, -0.2) is 0 Å². The molecule has 0 saturated heterocycles. The number of unbranched alkanes of at least 4 members (excludes halogenated alkanes) is 2. The van der Waals surface area contributed by atoms with Gasteiger partial charge in [0.1, 0.15) is 5.75 Å². The average Bonchev–Trinajstić information content (AvgIpc) is 2.86. The largest absolute Gasteiger partial charge is 0.497 e. The van der Waals surface area contributed by atoms with Crippen LogP contribution in [0, 0.1) is 0 Å². The molecule has 0 aliphatic carbocycles. The monoisotopic (exact) mass is 302 g/mol. The van der Waals surface area contributed by atoms with E-state index in [1.165, 1.54) is 0 Å². The maximum absolute atomic E-state index is 12.3. The second-order valence-electron chi connectivity index (χ2n) is 5.61. The van der Waals surface area contributed by atoms with Crippen molar-refractivity contribution in [3.63, 3.8) is 0 Å². The third-order valence-electron chi connectivity index (χ3n) is 3.98. The van der Waals surface area contributed by atoms with E-state index in [0.29, 0.717) is 0 Å². The summed E-state index contributed by atoms with van der Waals surface area (Å²) in [5.74, 6) is 0.819. The topological polar surface area (TPSA) is 47.0 Å². The minimum atomic E-state index is 0.0513. The zero-order valence-electron chi connectivity index (χ0n) is 13.8. The van der Waals surface area contributed by atoms with Crippen molar-refractivity contribution in [2.75, 3.05) is 7.11 Å². The Balaban J connectivity index is 2.41. The summed E-state index contributed by atoms with van der Waals surface area (Å²) in [4.78, 5) is 12.3. The standard InChI is InChI=1S/C18H26N2O2/c1-4-6-8-16-17(9-7-5-2)20(19-18(16)21)14-10-12-15(22-3)13-11-14/h10-13H,4-9H2,1-3H3,(H,19,21). The zero-order valence-corrected chi connectivity index (χ0v) is 13.8. The van der Waals surface area contributed by atoms with Gasteiger partial charge in [0.25, 0.3) is 5.56 Å². The van der Waals surface area contributed by atoms with Crippen molar-refractivity contribution in [1.29, 1.82) is 0 Å². The van der Waals surface area contributed by atoms with Gasteiger partial charge in [0.15, 0.2) is 0 Å². The molecule has 0 fully saturated rings. The van der Waals surface area contributed by atoms with Crippen LogP contribution in [0.1, 0.15) is 50.8 Å². The molecule has 0 unspecified atom stereocenters. The highest BCUT2D eigenvalue weighted by Gasteiger charge is 2.15. The number of nitrogens with zero attached hydrogens (tertiary/aromatic N) is 1. The van der Waals surface area contributed by atoms with Gasteiger partial charge in [-0.2, -0.15) is 0 Å². The second kappa shape index (κ2) is 7.87. The quantitative estimate of drug-likeness (QED) is 0.805. The highest BCUT2D eigenvalue weighted by Crippen LogP contribution is 2.19. The van der Waals surface area contributed by atoms with E-state index in [1.54, 1.807) is 7.11 Å². The minimum Gasteiger partial charge on any atom is -0.497 e. The first-order chi connectivity index (χ1) is 10.7. The van der Waals surface area contributed by atoms with Crippen LogP contribution in [0.2, 0.25) is 0 Å². The molecule has 1 aromatic carbocycles. The van der Waals surface area contributed by atoms with Gasteiger partial charge < -0.3 is 4.74 Å². The van der Waals surface area contributed by atoms with Gasteiger partial charge in [0.2, 0.25) is 0 Å². The summed E-state index contributed by atoms with van der Waals surface area (Å²) < 4.78 is 7.15. The molecule has 22 heavy (non-hydrogen) atoms. The summed E-state index contributed by atoms with van der Waals surface area (Å²) in [5.41, 5.74) is 3.11. The van der Waals surface area contributed by atoms with Crippen LogP contribution in [0.3, 0.4) is 0 Å². The van der Waals surface area contributed by atoms with Crippen molar-refractivity contribution in [3.8, 4) is 11.4 Å². The summed E-state index contributed by atoms with van der Waals surface area (Å²) in [6.45, 7) is 4.33. The van der Waals surface area contributed by atoms with Gasteiger partial charge in [-0.3, -0.25) is 14.6 Å². The molecule has 1 aromatic heterocycles. The summed E-state index contributed by atoms with van der Waals surface area (Å²) in [6.07, 6.45) is 6.14. The third kappa shape index (κ3) is 3.62. The van der Waals surface area contributed by atoms with Crippen LogP contribution < -0.4 is 10.3 Å². The molecule has 0 amide bonds. The van der Waals surface area contributed by atoms with Crippen LogP contribution in [0.15, 0.2) is 29.1 Å². The molecule has 4 heteroatoms. The first kappa shape index (κ1) is 16.4. The smallest absolute Gasteiger partial charge is 0.267 e. The van der Waals surface area contributed by atoms with Crippen LogP contribution in [-0.4, -0.2) is 16.9 Å². The lowest BCUT2D eigenvalue weighted by atomic mass is 10.1. The fraction of sp³-hybridized carbons (Fsp3) is 0.500. The molecule has 0 aliphatic rings. The van der Waals surface area contributed by atoms with Gasteiger partial charge >= 0.3 is 0 Å². The van der Waals surface area contributed by atoms with Crippen LogP contribution in [-0.2, 0) is 12.8 Å². The van der Waals surface area contributed by atoms with Gasteiger partial charge in [-0.1, -0.05) is 26.7 Å². The van der Waals surface area contributed by atoms with Gasteiger partial charge in [-0.05, 0) is 49.9 Å². The number of benzene rings is 1. The Labute approximate surface area is 132 Å². The lowest BCUT2D eigenvalue weighted by Crippen LogP contribution is -2.07.